The molecule has 0 radical (unpaired) electrons. The van der Waals surface area contributed by atoms with E-state index in [1.165, 1.54) is 34.4 Å². The molecule has 1 aliphatic rings. The largest absolute Gasteiger partial charge is 0.496 e. The van der Waals surface area contributed by atoms with Gasteiger partial charge in [0, 0.05) is 24.8 Å². The second-order valence-electron chi connectivity index (χ2n) is 6.81. The highest BCUT2D eigenvalue weighted by molar-refractivity contribution is 5.75. The quantitative estimate of drug-likeness (QED) is 0.896. The van der Waals surface area contributed by atoms with Crippen LogP contribution in [0, 0.1) is 0 Å². The highest BCUT2D eigenvalue weighted by atomic mass is 16.5. The lowest BCUT2D eigenvalue weighted by Crippen LogP contribution is -2.24. The smallest absolute Gasteiger partial charge is 0.126 e. The van der Waals surface area contributed by atoms with Crippen LogP contribution in [0.25, 0.3) is 11.1 Å². The molecule has 2 aromatic rings. The van der Waals surface area contributed by atoms with Gasteiger partial charge in [0.25, 0.3) is 0 Å². The van der Waals surface area contributed by atoms with E-state index in [1.807, 2.05) is 0 Å². The van der Waals surface area contributed by atoms with E-state index in [4.69, 9.17) is 10.5 Å². The molecule has 1 heterocycles. The summed E-state index contributed by atoms with van der Waals surface area (Å²) in [5, 5.41) is 0. The number of benzene rings is 2. The predicted octanol–water partition coefficient (Wildman–Crippen LogP) is 4.20. The minimum Gasteiger partial charge on any atom is -0.496 e. The first-order valence-electron chi connectivity index (χ1n) is 8.86. The number of fused-ring (bicyclic) bond motifs is 1. The Balaban J connectivity index is 2.02. The van der Waals surface area contributed by atoms with E-state index in [2.05, 4.69) is 55.3 Å². The number of aryl methyl sites for hydroxylation is 1. The number of rotatable bonds is 5. The van der Waals surface area contributed by atoms with E-state index in [0.29, 0.717) is 12.5 Å². The third-order valence-corrected chi connectivity index (χ3v) is 5.13. The van der Waals surface area contributed by atoms with E-state index in [1.54, 1.807) is 7.11 Å². The summed E-state index contributed by atoms with van der Waals surface area (Å²) in [6.07, 6.45) is 3.37. The summed E-state index contributed by atoms with van der Waals surface area (Å²) in [5.41, 5.74) is 12.3. The topological polar surface area (TPSA) is 38.5 Å². The zero-order valence-corrected chi connectivity index (χ0v) is 15.0. The summed E-state index contributed by atoms with van der Waals surface area (Å²) in [5.74, 6) is 1.39. The molecule has 2 N–H and O–H groups in total. The molecule has 24 heavy (non-hydrogen) atoms. The van der Waals surface area contributed by atoms with Crippen molar-refractivity contribution in [3.8, 4) is 16.9 Å². The Bertz CT molecular complexity index is 711. The lowest BCUT2D eigenvalue weighted by Gasteiger charge is -2.28. The maximum Gasteiger partial charge on any atom is 0.126 e. The normalized spacial score (nSPS) is 15.1. The second kappa shape index (κ2) is 7.27. The first-order valence-corrected chi connectivity index (χ1v) is 8.86. The number of nitrogens with two attached hydrogens (primary N) is 1. The Morgan fingerprint density at radius 1 is 1.21 bits per heavy atom. The Labute approximate surface area is 145 Å². The number of methoxy groups -OCH3 is 1. The first kappa shape index (κ1) is 16.8. The van der Waals surface area contributed by atoms with Crippen LogP contribution < -0.4 is 15.4 Å². The van der Waals surface area contributed by atoms with Crippen LogP contribution in [0.2, 0.25) is 0 Å². The standard InChI is InChI=1S/C21H28N2O/c1-15(10-11-22)16-7-9-21(24-3)19(14-16)17-6-8-20-18(13-17)5-4-12-23(20)2/h6-9,13-15H,4-5,10-12,22H2,1-3H3. The Morgan fingerprint density at radius 2 is 2.04 bits per heavy atom. The van der Waals surface area contributed by atoms with Gasteiger partial charge in [-0.2, -0.15) is 0 Å². The van der Waals surface area contributed by atoms with Gasteiger partial charge in [-0.3, -0.25) is 0 Å². The molecule has 0 amide bonds. The SMILES string of the molecule is COc1ccc(C(C)CCN)cc1-c1ccc2c(c1)CCCN2C. The minimum atomic E-state index is 0.461. The van der Waals surface area contributed by atoms with Crippen LogP contribution >= 0.6 is 0 Å². The molecule has 0 saturated carbocycles. The van der Waals surface area contributed by atoms with Gasteiger partial charge in [-0.15, -0.1) is 0 Å². The molecule has 0 saturated heterocycles. The van der Waals surface area contributed by atoms with E-state index in [9.17, 15) is 0 Å². The van der Waals surface area contributed by atoms with E-state index >= 15 is 0 Å². The van der Waals surface area contributed by atoms with Crippen LogP contribution in [-0.2, 0) is 6.42 Å². The molecule has 0 aliphatic carbocycles. The molecule has 3 rings (SSSR count). The lowest BCUT2D eigenvalue weighted by molar-refractivity contribution is 0.416. The molecular formula is C21H28N2O. The molecule has 0 aromatic heterocycles. The number of anilines is 1. The fourth-order valence-corrected chi connectivity index (χ4v) is 3.63. The van der Waals surface area contributed by atoms with E-state index in [0.717, 1.165) is 25.1 Å². The highest BCUT2D eigenvalue weighted by Crippen LogP contribution is 2.37. The Morgan fingerprint density at radius 3 is 2.79 bits per heavy atom. The highest BCUT2D eigenvalue weighted by Gasteiger charge is 2.16. The summed E-state index contributed by atoms with van der Waals surface area (Å²) >= 11 is 0. The summed E-state index contributed by atoms with van der Waals surface area (Å²) < 4.78 is 5.62. The van der Waals surface area contributed by atoms with Crippen molar-refractivity contribution in [1.82, 2.24) is 0 Å². The van der Waals surface area contributed by atoms with Crippen molar-refractivity contribution in [2.24, 2.45) is 5.73 Å². The van der Waals surface area contributed by atoms with Crippen molar-refractivity contribution in [2.45, 2.75) is 32.1 Å². The maximum absolute atomic E-state index is 5.73. The summed E-state index contributed by atoms with van der Waals surface area (Å²) in [7, 11) is 3.92. The molecule has 2 aromatic carbocycles. The summed E-state index contributed by atoms with van der Waals surface area (Å²) in [6, 6.07) is 13.3. The lowest BCUT2D eigenvalue weighted by atomic mass is 9.91. The monoisotopic (exact) mass is 324 g/mol. The van der Waals surface area contributed by atoms with E-state index in [-0.39, 0.29) is 0 Å². The second-order valence-corrected chi connectivity index (χ2v) is 6.81. The van der Waals surface area contributed by atoms with Gasteiger partial charge in [0.05, 0.1) is 7.11 Å². The average molecular weight is 324 g/mol. The fraction of sp³-hybridized carbons (Fsp3) is 0.429. The number of hydrogen-bond donors (Lipinski definition) is 1. The van der Waals surface area contributed by atoms with Crippen LogP contribution in [0.5, 0.6) is 5.75 Å². The van der Waals surface area contributed by atoms with Crippen molar-refractivity contribution in [3.05, 3.63) is 47.5 Å². The summed E-state index contributed by atoms with van der Waals surface area (Å²) in [4.78, 5) is 2.35. The maximum atomic E-state index is 5.73. The molecule has 0 fully saturated rings. The zero-order chi connectivity index (χ0) is 17.1. The number of ether oxygens (including phenoxy) is 1. The molecule has 1 unspecified atom stereocenters. The van der Waals surface area contributed by atoms with Crippen LogP contribution in [-0.4, -0.2) is 27.2 Å². The molecule has 128 valence electrons. The number of hydrogen-bond acceptors (Lipinski definition) is 3. The third-order valence-electron chi connectivity index (χ3n) is 5.13. The minimum absolute atomic E-state index is 0.461. The van der Waals surface area contributed by atoms with Gasteiger partial charge in [-0.1, -0.05) is 19.1 Å². The van der Waals surface area contributed by atoms with Gasteiger partial charge in [0.1, 0.15) is 5.75 Å². The van der Waals surface area contributed by atoms with Crippen molar-refractivity contribution in [1.29, 1.82) is 0 Å². The molecule has 3 heteroatoms. The molecule has 1 atom stereocenters. The van der Waals surface area contributed by atoms with Crippen molar-refractivity contribution in [2.75, 3.05) is 32.1 Å². The van der Waals surface area contributed by atoms with Crippen molar-refractivity contribution < 1.29 is 4.74 Å². The third kappa shape index (κ3) is 3.27. The molecule has 0 spiro atoms. The zero-order valence-electron chi connectivity index (χ0n) is 15.0. The Kier molecular flexibility index (Phi) is 5.10. The first-order chi connectivity index (χ1) is 11.6. The van der Waals surface area contributed by atoms with Crippen molar-refractivity contribution >= 4 is 5.69 Å². The van der Waals surface area contributed by atoms with Crippen LogP contribution in [0.3, 0.4) is 0 Å². The van der Waals surface area contributed by atoms with Crippen molar-refractivity contribution in [3.63, 3.8) is 0 Å². The van der Waals surface area contributed by atoms with Gasteiger partial charge in [-0.05, 0) is 72.7 Å². The van der Waals surface area contributed by atoms with Gasteiger partial charge in [0.15, 0.2) is 0 Å². The molecular weight excluding hydrogens is 296 g/mol. The Hall–Kier alpha value is -2.00. The fourth-order valence-electron chi connectivity index (χ4n) is 3.63. The average Bonchev–Trinajstić information content (AvgIpc) is 2.61. The molecule has 0 bridgehead atoms. The number of nitrogens with zero attached hydrogens (tertiary/aromatic N) is 1. The van der Waals surface area contributed by atoms with Gasteiger partial charge >= 0.3 is 0 Å². The van der Waals surface area contributed by atoms with Gasteiger partial charge < -0.3 is 15.4 Å². The van der Waals surface area contributed by atoms with Crippen LogP contribution in [0.15, 0.2) is 36.4 Å². The van der Waals surface area contributed by atoms with Gasteiger partial charge in [-0.25, -0.2) is 0 Å². The summed E-state index contributed by atoms with van der Waals surface area (Å²) in [6.45, 7) is 4.09. The molecule has 3 nitrogen and oxygen atoms in total. The van der Waals surface area contributed by atoms with Crippen LogP contribution in [0.4, 0.5) is 5.69 Å². The van der Waals surface area contributed by atoms with Gasteiger partial charge in [0.2, 0.25) is 0 Å². The predicted molar refractivity (Wildman–Crippen MR) is 102 cm³/mol. The van der Waals surface area contributed by atoms with E-state index < -0.39 is 0 Å². The van der Waals surface area contributed by atoms with Crippen LogP contribution in [0.1, 0.15) is 36.8 Å². The molecule has 1 aliphatic heterocycles.